The summed E-state index contributed by atoms with van der Waals surface area (Å²) in [5, 5.41) is 3.20. The highest BCUT2D eigenvalue weighted by molar-refractivity contribution is 7.89. The molecule has 2 fully saturated rings. The van der Waals surface area contributed by atoms with Crippen LogP contribution in [0.4, 0.5) is 11.6 Å². The zero-order valence-electron chi connectivity index (χ0n) is 24.3. The highest BCUT2D eigenvalue weighted by Gasteiger charge is 2.26. The van der Waals surface area contributed by atoms with Gasteiger partial charge in [0.1, 0.15) is 0 Å². The van der Waals surface area contributed by atoms with Crippen molar-refractivity contribution in [3.8, 4) is 11.3 Å². The van der Waals surface area contributed by atoms with E-state index in [1.165, 1.54) is 4.31 Å². The Morgan fingerprint density at radius 1 is 0.929 bits per heavy atom. The standard InChI is InChI=1S/C30H39N7O4S/c1-34(2)14-3-15-35-16-18-36(19-17-35)29(38)25-4-8-26(9-5-25)32-30-31-13-12-28(33-30)24-6-10-27(11-7-24)42(39,40)37-20-22-41-23-21-37/h4-13H,3,14-23H2,1-2H3,(H,31,32,33). The first-order valence-corrected chi connectivity index (χ1v) is 15.8. The molecule has 0 aliphatic carbocycles. The monoisotopic (exact) mass is 593 g/mol. The third-order valence-electron chi connectivity index (χ3n) is 7.54. The van der Waals surface area contributed by atoms with Gasteiger partial charge in [0.05, 0.1) is 23.8 Å². The molecule has 1 amide bonds. The maximum absolute atomic E-state index is 13.1. The third kappa shape index (κ3) is 7.50. The van der Waals surface area contributed by atoms with E-state index in [0.717, 1.165) is 56.9 Å². The summed E-state index contributed by atoms with van der Waals surface area (Å²) >= 11 is 0. The number of aromatic nitrogens is 2. The Kier molecular flexibility index (Phi) is 9.80. The minimum atomic E-state index is -3.56. The van der Waals surface area contributed by atoms with Crippen LogP contribution in [0.5, 0.6) is 0 Å². The van der Waals surface area contributed by atoms with Crippen molar-refractivity contribution in [3.05, 3.63) is 66.4 Å². The lowest BCUT2D eigenvalue weighted by Crippen LogP contribution is -2.49. The van der Waals surface area contributed by atoms with Gasteiger partial charge in [0.15, 0.2) is 0 Å². The van der Waals surface area contributed by atoms with Crippen molar-refractivity contribution in [1.29, 1.82) is 0 Å². The summed E-state index contributed by atoms with van der Waals surface area (Å²) in [4.78, 5) is 28.8. The van der Waals surface area contributed by atoms with E-state index in [1.54, 1.807) is 36.5 Å². The van der Waals surface area contributed by atoms with E-state index in [0.29, 0.717) is 43.5 Å². The molecule has 0 spiro atoms. The molecule has 11 nitrogen and oxygen atoms in total. The summed E-state index contributed by atoms with van der Waals surface area (Å²) in [6.07, 6.45) is 2.79. The van der Waals surface area contributed by atoms with Crippen molar-refractivity contribution in [2.45, 2.75) is 11.3 Å². The molecule has 0 atom stereocenters. The molecule has 2 aromatic carbocycles. The van der Waals surface area contributed by atoms with E-state index < -0.39 is 10.0 Å². The van der Waals surface area contributed by atoms with Gasteiger partial charge in [0, 0.05) is 62.3 Å². The van der Waals surface area contributed by atoms with Gasteiger partial charge in [-0.2, -0.15) is 4.31 Å². The van der Waals surface area contributed by atoms with E-state index in [2.05, 4.69) is 39.2 Å². The molecule has 1 N–H and O–H groups in total. The Balaban J connectivity index is 1.17. The van der Waals surface area contributed by atoms with Crippen LogP contribution in [0.15, 0.2) is 65.7 Å². The maximum atomic E-state index is 13.1. The molecule has 2 saturated heterocycles. The molecule has 3 heterocycles. The van der Waals surface area contributed by atoms with Crippen LogP contribution < -0.4 is 5.32 Å². The molecule has 0 unspecified atom stereocenters. The smallest absolute Gasteiger partial charge is 0.253 e. The van der Waals surface area contributed by atoms with Gasteiger partial charge in [-0.25, -0.2) is 18.4 Å². The van der Waals surface area contributed by atoms with Gasteiger partial charge in [0.25, 0.3) is 5.91 Å². The number of hydrogen-bond donors (Lipinski definition) is 1. The van der Waals surface area contributed by atoms with E-state index in [4.69, 9.17) is 4.74 Å². The summed E-state index contributed by atoms with van der Waals surface area (Å²) in [6.45, 7) is 6.94. The van der Waals surface area contributed by atoms with E-state index >= 15 is 0 Å². The molecule has 2 aliphatic heterocycles. The lowest BCUT2D eigenvalue weighted by Gasteiger charge is -2.35. The predicted octanol–water partition coefficient (Wildman–Crippen LogP) is 2.62. The zero-order valence-corrected chi connectivity index (χ0v) is 25.1. The Morgan fingerprint density at radius 3 is 2.29 bits per heavy atom. The van der Waals surface area contributed by atoms with Crippen molar-refractivity contribution in [3.63, 3.8) is 0 Å². The van der Waals surface area contributed by atoms with Gasteiger partial charge in [-0.3, -0.25) is 9.69 Å². The lowest BCUT2D eigenvalue weighted by atomic mass is 10.1. The fourth-order valence-electron chi connectivity index (χ4n) is 5.11. The van der Waals surface area contributed by atoms with Crippen LogP contribution in [-0.4, -0.2) is 123 Å². The number of benzene rings is 2. The molecule has 0 saturated carbocycles. The number of nitrogens with one attached hydrogen (secondary N) is 1. The number of carbonyl (C=O) groups is 1. The van der Waals surface area contributed by atoms with E-state index in [9.17, 15) is 13.2 Å². The Labute approximate surface area is 248 Å². The number of carbonyl (C=O) groups excluding carboxylic acids is 1. The number of anilines is 2. The fraction of sp³-hybridized carbons (Fsp3) is 0.433. The van der Waals surface area contributed by atoms with Crippen molar-refractivity contribution in [1.82, 2.24) is 29.0 Å². The molecule has 12 heteroatoms. The van der Waals surface area contributed by atoms with Gasteiger partial charge in [-0.1, -0.05) is 12.1 Å². The second kappa shape index (κ2) is 13.7. The molecular weight excluding hydrogens is 554 g/mol. The Bertz CT molecular complexity index is 1440. The van der Waals surface area contributed by atoms with Crippen LogP contribution in [-0.2, 0) is 14.8 Å². The second-order valence-corrected chi connectivity index (χ2v) is 12.7. The number of sulfonamides is 1. The van der Waals surface area contributed by atoms with E-state index in [1.807, 2.05) is 29.2 Å². The third-order valence-corrected chi connectivity index (χ3v) is 9.45. The first-order chi connectivity index (χ1) is 20.3. The van der Waals surface area contributed by atoms with Crippen LogP contribution >= 0.6 is 0 Å². The molecule has 2 aliphatic rings. The van der Waals surface area contributed by atoms with Crippen LogP contribution in [0.3, 0.4) is 0 Å². The molecule has 224 valence electrons. The number of morpholine rings is 1. The molecule has 0 radical (unpaired) electrons. The second-order valence-electron chi connectivity index (χ2n) is 10.8. The summed E-state index contributed by atoms with van der Waals surface area (Å²) in [6, 6.07) is 15.9. The largest absolute Gasteiger partial charge is 0.379 e. The minimum Gasteiger partial charge on any atom is -0.379 e. The molecule has 42 heavy (non-hydrogen) atoms. The minimum absolute atomic E-state index is 0.0480. The van der Waals surface area contributed by atoms with Crippen molar-refractivity contribution in [2.75, 3.05) is 85.0 Å². The SMILES string of the molecule is CN(C)CCCN1CCN(C(=O)c2ccc(Nc3nccc(-c4ccc(S(=O)(=O)N5CCOCC5)cc4)n3)cc2)CC1. The van der Waals surface area contributed by atoms with E-state index in [-0.39, 0.29) is 10.8 Å². The van der Waals surface area contributed by atoms with Crippen molar-refractivity contribution in [2.24, 2.45) is 0 Å². The Hall–Kier alpha value is -3.42. The number of nitrogens with zero attached hydrogens (tertiary/aromatic N) is 6. The highest BCUT2D eigenvalue weighted by Crippen LogP contribution is 2.24. The van der Waals surface area contributed by atoms with Gasteiger partial charge >= 0.3 is 0 Å². The maximum Gasteiger partial charge on any atom is 0.253 e. The van der Waals surface area contributed by atoms with Gasteiger partial charge < -0.3 is 19.9 Å². The van der Waals surface area contributed by atoms with Crippen molar-refractivity contribution < 1.29 is 17.9 Å². The van der Waals surface area contributed by atoms with Gasteiger partial charge in [-0.15, -0.1) is 0 Å². The summed E-state index contributed by atoms with van der Waals surface area (Å²) in [7, 11) is 0.622. The number of hydrogen-bond acceptors (Lipinski definition) is 9. The van der Waals surface area contributed by atoms with Gasteiger partial charge in [-0.05, 0) is 76.1 Å². The number of piperazine rings is 1. The summed E-state index contributed by atoms with van der Waals surface area (Å²) in [5.74, 6) is 0.453. The van der Waals surface area contributed by atoms with Crippen LogP contribution in [0, 0.1) is 0 Å². The van der Waals surface area contributed by atoms with Crippen LogP contribution in [0.2, 0.25) is 0 Å². The first-order valence-electron chi connectivity index (χ1n) is 14.3. The van der Waals surface area contributed by atoms with Crippen LogP contribution in [0.25, 0.3) is 11.3 Å². The summed E-state index contributed by atoms with van der Waals surface area (Å²) < 4.78 is 32.6. The highest BCUT2D eigenvalue weighted by atomic mass is 32.2. The van der Waals surface area contributed by atoms with Gasteiger partial charge in [0.2, 0.25) is 16.0 Å². The van der Waals surface area contributed by atoms with Crippen LogP contribution in [0.1, 0.15) is 16.8 Å². The molecule has 0 bridgehead atoms. The average Bonchev–Trinajstić information content (AvgIpc) is 3.02. The zero-order chi connectivity index (χ0) is 29.5. The average molecular weight is 594 g/mol. The first kappa shape index (κ1) is 30.1. The number of rotatable bonds is 10. The molecule has 5 rings (SSSR count). The quantitative estimate of drug-likeness (QED) is 0.379. The predicted molar refractivity (Wildman–Crippen MR) is 162 cm³/mol. The fourth-order valence-corrected chi connectivity index (χ4v) is 6.51. The number of ether oxygens (including phenoxy) is 1. The molecule has 3 aromatic rings. The molecule has 1 aromatic heterocycles. The van der Waals surface area contributed by atoms with Crippen molar-refractivity contribution >= 4 is 27.6 Å². The molecular formula is C30H39N7O4S. The topological polar surface area (TPSA) is 111 Å². The Morgan fingerprint density at radius 2 is 1.62 bits per heavy atom. The normalized spacial score (nSPS) is 17.0. The summed E-state index contributed by atoms with van der Waals surface area (Å²) in [5.41, 5.74) is 2.86. The number of amides is 1. The lowest BCUT2D eigenvalue weighted by molar-refractivity contribution is 0.0634.